The maximum Gasteiger partial charge on any atom is 0.249 e. The van der Waals surface area contributed by atoms with E-state index in [2.05, 4.69) is 16.5 Å². The van der Waals surface area contributed by atoms with Gasteiger partial charge in [-0.2, -0.15) is 0 Å². The van der Waals surface area contributed by atoms with Crippen LogP contribution in [0.4, 0.5) is 13.2 Å². The van der Waals surface area contributed by atoms with Crippen molar-refractivity contribution in [2.45, 2.75) is 31.5 Å². The summed E-state index contributed by atoms with van der Waals surface area (Å²) in [5.74, 6) is -3.27. The lowest BCUT2D eigenvalue weighted by Gasteiger charge is -2.35. The van der Waals surface area contributed by atoms with Gasteiger partial charge in [-0.15, -0.1) is 0 Å². The van der Waals surface area contributed by atoms with Gasteiger partial charge in [0.05, 0.1) is 18.9 Å². The molecule has 1 aliphatic heterocycles. The average Bonchev–Trinajstić information content (AvgIpc) is 3.15. The summed E-state index contributed by atoms with van der Waals surface area (Å²) in [6.45, 7) is 5.13. The monoisotopic (exact) mass is 432 g/mol. The molecule has 2 fully saturated rings. The number of benzene rings is 1. The molecule has 8 heteroatoms. The first kappa shape index (κ1) is 19.7. The molecule has 1 saturated heterocycles. The molecule has 2 aliphatic rings. The van der Waals surface area contributed by atoms with Gasteiger partial charge in [-0.25, -0.2) is 23.1 Å². The number of hydrogen-bond donors (Lipinski definition) is 0. The Bertz CT molecular complexity index is 1120. The number of aromatic nitrogens is 2. The van der Waals surface area contributed by atoms with E-state index in [1.165, 1.54) is 17.4 Å². The molecule has 5 rings (SSSR count). The summed E-state index contributed by atoms with van der Waals surface area (Å²) in [7, 11) is 0. The Balaban J connectivity index is 1.40. The summed E-state index contributed by atoms with van der Waals surface area (Å²) in [5, 5.41) is 0.505. The van der Waals surface area contributed by atoms with Gasteiger partial charge in [0.15, 0.2) is 6.29 Å². The summed E-state index contributed by atoms with van der Waals surface area (Å²) in [4.78, 5) is 9.66. The van der Waals surface area contributed by atoms with Gasteiger partial charge in [-0.05, 0) is 42.2 Å². The predicted octanol–water partition coefficient (Wildman–Crippen LogP) is 5.99. The zero-order valence-corrected chi connectivity index (χ0v) is 16.9. The number of halogens is 3. The fourth-order valence-corrected chi connectivity index (χ4v) is 4.72. The molecule has 2 aromatic heterocycles. The third kappa shape index (κ3) is 3.64. The van der Waals surface area contributed by atoms with E-state index in [1.807, 2.05) is 0 Å². The first-order chi connectivity index (χ1) is 14.4. The lowest BCUT2D eigenvalue weighted by Crippen LogP contribution is -2.35. The molecule has 1 aromatic carbocycles. The highest BCUT2D eigenvalue weighted by molar-refractivity contribution is 7.21. The maximum absolute atomic E-state index is 14.8. The first-order valence-electron chi connectivity index (χ1n) is 9.77. The third-order valence-corrected chi connectivity index (χ3v) is 6.49. The van der Waals surface area contributed by atoms with Crippen molar-refractivity contribution >= 4 is 27.3 Å². The number of allylic oxidation sites excluding steroid dienone is 1. The quantitative estimate of drug-likeness (QED) is 0.508. The summed E-state index contributed by atoms with van der Waals surface area (Å²) in [5.41, 5.74) is 2.83. The molecule has 30 heavy (non-hydrogen) atoms. The van der Waals surface area contributed by atoms with Crippen molar-refractivity contribution in [2.24, 2.45) is 5.92 Å². The SMILES string of the molecule is C=C(c1ccc2nc(-c3ccc(C4OCCCO4)cc3F)sc2n1)C1CC(F)(F)C1. The molecule has 0 bridgehead atoms. The molecule has 3 aromatic rings. The van der Waals surface area contributed by atoms with Gasteiger partial charge in [0.2, 0.25) is 5.92 Å². The van der Waals surface area contributed by atoms with Crippen molar-refractivity contribution in [3.8, 4) is 10.6 Å². The summed E-state index contributed by atoms with van der Waals surface area (Å²) >= 11 is 1.26. The van der Waals surface area contributed by atoms with E-state index in [0.717, 1.165) is 6.42 Å². The molecule has 0 atom stereocenters. The second kappa shape index (κ2) is 7.44. The van der Waals surface area contributed by atoms with Crippen LogP contribution >= 0.6 is 11.3 Å². The smallest absolute Gasteiger partial charge is 0.249 e. The number of fused-ring (bicyclic) bond motifs is 1. The number of nitrogens with zero attached hydrogens (tertiary/aromatic N) is 2. The van der Waals surface area contributed by atoms with Gasteiger partial charge in [0, 0.05) is 24.0 Å². The van der Waals surface area contributed by atoms with Gasteiger partial charge in [-0.1, -0.05) is 24.0 Å². The fraction of sp³-hybridized carbons (Fsp3) is 0.364. The second-order valence-electron chi connectivity index (χ2n) is 7.69. The first-order valence-corrected chi connectivity index (χ1v) is 10.6. The molecule has 0 unspecified atom stereocenters. The summed E-state index contributed by atoms with van der Waals surface area (Å²) in [6, 6.07) is 8.37. The summed E-state index contributed by atoms with van der Waals surface area (Å²) in [6.07, 6.45) is -0.101. The van der Waals surface area contributed by atoms with E-state index in [-0.39, 0.29) is 18.8 Å². The fourth-order valence-electron chi connectivity index (χ4n) is 3.76. The Hall–Kier alpha value is -2.29. The number of alkyl halides is 2. The van der Waals surface area contributed by atoms with E-state index in [1.54, 1.807) is 24.3 Å². The molecule has 156 valence electrons. The molecule has 0 N–H and O–H groups in total. The van der Waals surface area contributed by atoms with Crippen LogP contribution in [-0.4, -0.2) is 29.1 Å². The summed E-state index contributed by atoms with van der Waals surface area (Å²) < 4.78 is 52.2. The molecular formula is C22H19F3N2O2S. The topological polar surface area (TPSA) is 44.2 Å². The number of hydrogen-bond acceptors (Lipinski definition) is 5. The Morgan fingerprint density at radius 2 is 1.87 bits per heavy atom. The van der Waals surface area contributed by atoms with Crippen LogP contribution < -0.4 is 0 Å². The highest BCUT2D eigenvalue weighted by Crippen LogP contribution is 2.48. The number of thiazole rings is 1. The molecule has 0 radical (unpaired) electrons. The van der Waals surface area contributed by atoms with Gasteiger partial charge in [0.1, 0.15) is 21.2 Å². The lowest BCUT2D eigenvalue weighted by molar-refractivity contribution is -0.183. The molecule has 0 amide bonds. The minimum atomic E-state index is -2.60. The molecule has 4 nitrogen and oxygen atoms in total. The average molecular weight is 432 g/mol. The zero-order valence-electron chi connectivity index (χ0n) is 16.0. The Labute approximate surface area is 175 Å². The molecule has 0 spiro atoms. The maximum atomic E-state index is 14.8. The van der Waals surface area contributed by atoms with Crippen LogP contribution in [0.15, 0.2) is 36.9 Å². The van der Waals surface area contributed by atoms with Crippen LogP contribution in [0.1, 0.15) is 36.8 Å². The van der Waals surface area contributed by atoms with E-state index >= 15 is 0 Å². The Morgan fingerprint density at radius 1 is 1.10 bits per heavy atom. The van der Waals surface area contributed by atoms with Gasteiger partial charge >= 0.3 is 0 Å². The van der Waals surface area contributed by atoms with Gasteiger partial charge in [-0.3, -0.25) is 0 Å². The Kier molecular flexibility index (Phi) is 4.88. The van der Waals surface area contributed by atoms with E-state index in [9.17, 15) is 13.2 Å². The minimum absolute atomic E-state index is 0.189. The van der Waals surface area contributed by atoms with Crippen LogP contribution in [0.25, 0.3) is 26.5 Å². The highest BCUT2D eigenvalue weighted by atomic mass is 32.1. The number of pyridine rings is 1. The van der Waals surface area contributed by atoms with E-state index < -0.39 is 18.0 Å². The van der Waals surface area contributed by atoms with Crippen LogP contribution in [0.2, 0.25) is 0 Å². The van der Waals surface area contributed by atoms with Crippen molar-refractivity contribution in [3.63, 3.8) is 0 Å². The normalized spacial score (nSPS) is 19.7. The second-order valence-corrected chi connectivity index (χ2v) is 8.67. The number of ether oxygens (including phenoxy) is 2. The Morgan fingerprint density at radius 3 is 2.57 bits per heavy atom. The van der Waals surface area contributed by atoms with Crippen molar-refractivity contribution < 1.29 is 22.6 Å². The van der Waals surface area contributed by atoms with Gasteiger partial charge in [0.25, 0.3) is 0 Å². The standard InChI is InChI=1S/C22H19F3N2O2S/c1-12(14-10-22(24,25)11-14)17-5-6-18-20(26-17)30-19(27-18)15-4-3-13(9-16(15)23)21-28-7-2-8-29-21/h3-6,9,14,21H,1-2,7-8,10-11H2. The van der Waals surface area contributed by atoms with Crippen LogP contribution in [0.5, 0.6) is 0 Å². The van der Waals surface area contributed by atoms with Crippen LogP contribution in [0, 0.1) is 11.7 Å². The van der Waals surface area contributed by atoms with Crippen molar-refractivity contribution in [3.05, 3.63) is 54.0 Å². The van der Waals surface area contributed by atoms with Gasteiger partial charge < -0.3 is 9.47 Å². The molecule has 3 heterocycles. The van der Waals surface area contributed by atoms with Crippen LogP contribution in [-0.2, 0) is 9.47 Å². The minimum Gasteiger partial charge on any atom is -0.348 e. The van der Waals surface area contributed by atoms with Crippen LogP contribution in [0.3, 0.4) is 0 Å². The highest BCUT2D eigenvalue weighted by Gasteiger charge is 2.46. The largest absolute Gasteiger partial charge is 0.348 e. The molecule has 1 saturated carbocycles. The zero-order chi connectivity index (χ0) is 20.9. The third-order valence-electron chi connectivity index (χ3n) is 5.49. The lowest BCUT2D eigenvalue weighted by atomic mass is 9.76. The van der Waals surface area contributed by atoms with Crippen molar-refractivity contribution in [1.82, 2.24) is 9.97 Å². The van der Waals surface area contributed by atoms with Crippen molar-refractivity contribution in [1.29, 1.82) is 0 Å². The van der Waals surface area contributed by atoms with E-state index in [0.29, 0.717) is 51.0 Å². The number of rotatable bonds is 4. The molecular weight excluding hydrogens is 413 g/mol. The molecule has 1 aliphatic carbocycles. The predicted molar refractivity (Wildman–Crippen MR) is 109 cm³/mol. The van der Waals surface area contributed by atoms with Crippen molar-refractivity contribution in [2.75, 3.05) is 13.2 Å². The van der Waals surface area contributed by atoms with E-state index in [4.69, 9.17) is 9.47 Å².